The van der Waals surface area contributed by atoms with Crippen LogP contribution in [0.4, 0.5) is 5.69 Å². The first-order chi connectivity index (χ1) is 10.9. The van der Waals surface area contributed by atoms with Crippen molar-refractivity contribution in [2.24, 2.45) is 0 Å². The molecule has 2 aromatic carbocycles. The highest BCUT2D eigenvalue weighted by Crippen LogP contribution is 2.27. The van der Waals surface area contributed by atoms with Gasteiger partial charge in [-0.2, -0.15) is 0 Å². The number of rotatable bonds is 7. The first-order valence-electron chi connectivity index (χ1n) is 7.56. The van der Waals surface area contributed by atoms with Crippen molar-refractivity contribution in [3.63, 3.8) is 0 Å². The normalized spacial score (nSPS) is 11.3. The quantitative estimate of drug-likeness (QED) is 0.759. The Balaban J connectivity index is 2.38. The van der Waals surface area contributed by atoms with E-state index in [0.717, 1.165) is 19.3 Å². The molecule has 0 spiro atoms. The second kappa shape index (κ2) is 7.37. The number of phenolic OH excluding ortho intramolecular Hbond substituents is 2. The first kappa shape index (κ1) is 17.1. The molecule has 0 unspecified atom stereocenters. The maximum Gasteiger partial charge on any atom is 0.264 e. The fraction of sp³-hybridized carbons (Fsp3) is 0.294. The summed E-state index contributed by atoms with van der Waals surface area (Å²) in [6.07, 6.45) is 2.66. The van der Waals surface area contributed by atoms with Crippen molar-refractivity contribution in [2.75, 3.05) is 10.8 Å². The zero-order valence-corrected chi connectivity index (χ0v) is 13.8. The van der Waals surface area contributed by atoms with Crippen molar-refractivity contribution in [3.05, 3.63) is 48.5 Å². The van der Waals surface area contributed by atoms with Crippen LogP contribution in [-0.2, 0) is 10.0 Å². The zero-order valence-electron chi connectivity index (χ0n) is 13.0. The number of hydrogen-bond acceptors (Lipinski definition) is 4. The second-order valence-corrected chi connectivity index (χ2v) is 7.16. The number of benzene rings is 2. The molecule has 2 N–H and O–H groups in total. The summed E-state index contributed by atoms with van der Waals surface area (Å²) in [6, 6.07) is 11.6. The summed E-state index contributed by atoms with van der Waals surface area (Å²) >= 11 is 0. The van der Waals surface area contributed by atoms with Gasteiger partial charge in [-0.15, -0.1) is 0 Å². The Morgan fingerprint density at radius 1 is 0.870 bits per heavy atom. The van der Waals surface area contributed by atoms with E-state index in [4.69, 9.17) is 0 Å². The van der Waals surface area contributed by atoms with Crippen molar-refractivity contribution in [1.29, 1.82) is 0 Å². The second-order valence-electron chi connectivity index (χ2n) is 5.29. The molecule has 0 amide bonds. The van der Waals surface area contributed by atoms with Crippen molar-refractivity contribution < 1.29 is 18.6 Å². The van der Waals surface area contributed by atoms with Gasteiger partial charge in [-0.25, -0.2) is 8.42 Å². The molecule has 0 saturated heterocycles. The molecule has 0 saturated carbocycles. The maximum atomic E-state index is 12.9. The summed E-state index contributed by atoms with van der Waals surface area (Å²) in [7, 11) is -3.72. The van der Waals surface area contributed by atoms with Crippen molar-refractivity contribution in [2.45, 2.75) is 31.1 Å². The molecule has 0 bridgehead atoms. The van der Waals surface area contributed by atoms with Gasteiger partial charge >= 0.3 is 0 Å². The lowest BCUT2D eigenvalue weighted by molar-refractivity contribution is 0.474. The third-order valence-corrected chi connectivity index (χ3v) is 5.37. The summed E-state index contributed by atoms with van der Waals surface area (Å²) in [6.45, 7) is 2.42. The number of nitrogens with zero attached hydrogens (tertiary/aromatic N) is 1. The molecule has 2 aromatic rings. The van der Waals surface area contributed by atoms with Crippen LogP contribution in [0.1, 0.15) is 26.2 Å². The largest absolute Gasteiger partial charge is 0.508 e. The van der Waals surface area contributed by atoms with Crippen LogP contribution in [0.15, 0.2) is 53.4 Å². The van der Waals surface area contributed by atoms with Crippen LogP contribution in [-0.4, -0.2) is 25.2 Å². The Morgan fingerprint density at radius 2 is 1.39 bits per heavy atom. The lowest BCUT2D eigenvalue weighted by atomic mass is 10.2. The monoisotopic (exact) mass is 335 g/mol. The van der Waals surface area contributed by atoms with E-state index < -0.39 is 10.0 Å². The van der Waals surface area contributed by atoms with E-state index in [2.05, 4.69) is 6.92 Å². The molecule has 0 fully saturated rings. The maximum absolute atomic E-state index is 12.9. The smallest absolute Gasteiger partial charge is 0.264 e. The van der Waals surface area contributed by atoms with Gasteiger partial charge in [-0.3, -0.25) is 4.31 Å². The van der Waals surface area contributed by atoms with E-state index in [0.29, 0.717) is 12.2 Å². The number of hydrogen-bond donors (Lipinski definition) is 2. The number of unbranched alkanes of at least 4 members (excludes halogenated alkanes) is 2. The highest BCUT2D eigenvalue weighted by molar-refractivity contribution is 7.92. The predicted octanol–water partition coefficient (Wildman–Crippen LogP) is 3.48. The van der Waals surface area contributed by atoms with E-state index in [1.807, 2.05) is 0 Å². The third kappa shape index (κ3) is 4.16. The van der Waals surface area contributed by atoms with Gasteiger partial charge in [0.15, 0.2) is 0 Å². The van der Waals surface area contributed by atoms with Gasteiger partial charge in [-0.05, 0) is 55.0 Å². The standard InChI is InChI=1S/C17H21NO4S/c1-2-3-4-13-18(14-5-7-15(19)8-6-14)23(21,22)17-11-9-16(20)10-12-17/h5-12,19-20H,2-4,13H2,1H3. The molecule has 0 aliphatic heterocycles. The summed E-state index contributed by atoms with van der Waals surface area (Å²) < 4.78 is 27.2. The van der Waals surface area contributed by atoms with Crippen LogP contribution >= 0.6 is 0 Å². The van der Waals surface area contributed by atoms with E-state index in [1.165, 1.54) is 40.7 Å². The number of phenols is 2. The molecule has 6 heteroatoms. The molecule has 0 radical (unpaired) electrons. The fourth-order valence-corrected chi connectivity index (χ4v) is 3.76. The van der Waals surface area contributed by atoms with E-state index in [1.54, 1.807) is 12.1 Å². The van der Waals surface area contributed by atoms with E-state index in [-0.39, 0.29) is 16.4 Å². The van der Waals surface area contributed by atoms with Gasteiger partial charge in [-0.1, -0.05) is 19.8 Å². The Bertz CT molecular complexity index is 724. The fourth-order valence-electron chi connectivity index (χ4n) is 2.26. The molecular formula is C17H21NO4S. The molecule has 2 rings (SSSR count). The lowest BCUT2D eigenvalue weighted by Gasteiger charge is -2.24. The molecular weight excluding hydrogens is 314 g/mol. The number of anilines is 1. The van der Waals surface area contributed by atoms with Gasteiger partial charge in [0.05, 0.1) is 10.6 Å². The summed E-state index contributed by atoms with van der Waals surface area (Å²) in [5.74, 6) is 0.107. The third-order valence-electron chi connectivity index (χ3n) is 3.53. The predicted molar refractivity (Wildman–Crippen MR) is 90.3 cm³/mol. The zero-order chi connectivity index (χ0) is 16.9. The minimum Gasteiger partial charge on any atom is -0.508 e. The molecule has 23 heavy (non-hydrogen) atoms. The number of aromatic hydroxyl groups is 2. The van der Waals surface area contributed by atoms with Crippen LogP contribution in [0.2, 0.25) is 0 Å². The van der Waals surface area contributed by atoms with Gasteiger partial charge in [0.25, 0.3) is 10.0 Å². The van der Waals surface area contributed by atoms with Gasteiger partial charge in [0.1, 0.15) is 11.5 Å². The van der Waals surface area contributed by atoms with Crippen LogP contribution in [0.25, 0.3) is 0 Å². The minimum absolute atomic E-state index is 0.0196. The lowest BCUT2D eigenvalue weighted by Crippen LogP contribution is -2.32. The molecule has 0 aliphatic carbocycles. The molecule has 0 aromatic heterocycles. The van der Waals surface area contributed by atoms with Crippen LogP contribution in [0.3, 0.4) is 0 Å². The first-order valence-corrected chi connectivity index (χ1v) is 9.00. The Hall–Kier alpha value is -2.21. The molecule has 0 atom stereocenters. The summed E-state index contributed by atoms with van der Waals surface area (Å²) in [5, 5.41) is 18.8. The highest BCUT2D eigenvalue weighted by Gasteiger charge is 2.24. The summed E-state index contributed by atoms with van der Waals surface area (Å²) in [4.78, 5) is 0.125. The van der Waals surface area contributed by atoms with E-state index in [9.17, 15) is 18.6 Å². The van der Waals surface area contributed by atoms with Crippen LogP contribution in [0, 0.1) is 0 Å². The van der Waals surface area contributed by atoms with Crippen LogP contribution < -0.4 is 4.31 Å². The Kier molecular flexibility index (Phi) is 5.50. The van der Waals surface area contributed by atoms with Crippen LogP contribution in [0.5, 0.6) is 11.5 Å². The molecule has 0 heterocycles. The SMILES string of the molecule is CCCCCN(c1ccc(O)cc1)S(=O)(=O)c1ccc(O)cc1. The van der Waals surface area contributed by atoms with Crippen molar-refractivity contribution >= 4 is 15.7 Å². The average Bonchev–Trinajstić information content (AvgIpc) is 2.53. The van der Waals surface area contributed by atoms with Crippen molar-refractivity contribution in [1.82, 2.24) is 0 Å². The Labute approximate surface area is 136 Å². The topological polar surface area (TPSA) is 77.8 Å². The molecule has 0 aliphatic rings. The highest BCUT2D eigenvalue weighted by atomic mass is 32.2. The average molecular weight is 335 g/mol. The molecule has 124 valence electrons. The van der Waals surface area contributed by atoms with E-state index >= 15 is 0 Å². The minimum atomic E-state index is -3.72. The van der Waals surface area contributed by atoms with Crippen molar-refractivity contribution in [3.8, 4) is 11.5 Å². The summed E-state index contributed by atoms with van der Waals surface area (Å²) in [5.41, 5.74) is 0.506. The molecule has 5 nitrogen and oxygen atoms in total. The van der Waals surface area contributed by atoms with Gasteiger partial charge in [0.2, 0.25) is 0 Å². The van der Waals surface area contributed by atoms with Gasteiger partial charge < -0.3 is 10.2 Å². The van der Waals surface area contributed by atoms with Gasteiger partial charge in [0, 0.05) is 6.54 Å². The number of sulfonamides is 1. The Morgan fingerprint density at radius 3 is 1.91 bits per heavy atom.